The van der Waals surface area contributed by atoms with Crippen LogP contribution >= 0.6 is 0 Å². The fourth-order valence-electron chi connectivity index (χ4n) is 3.98. The normalized spacial score (nSPS) is 22.7. The Labute approximate surface area is 124 Å². The molecule has 1 aliphatic carbocycles. The molecule has 4 rings (SSSR count). The van der Waals surface area contributed by atoms with Crippen molar-refractivity contribution in [3.05, 3.63) is 35.5 Å². The lowest BCUT2D eigenvalue weighted by molar-refractivity contribution is -0.143. The van der Waals surface area contributed by atoms with Gasteiger partial charge in [0.05, 0.1) is 6.61 Å². The van der Waals surface area contributed by atoms with Gasteiger partial charge in [0.15, 0.2) is 0 Å². The number of fused-ring (bicyclic) bond motifs is 5. The summed E-state index contributed by atoms with van der Waals surface area (Å²) in [7, 11) is 0. The molecule has 2 aliphatic rings. The Morgan fingerprint density at radius 3 is 3.10 bits per heavy atom. The molecule has 0 amide bonds. The van der Waals surface area contributed by atoms with Crippen LogP contribution in [0.2, 0.25) is 0 Å². The van der Waals surface area contributed by atoms with Gasteiger partial charge in [0, 0.05) is 35.5 Å². The molecule has 0 bridgehead atoms. The first-order valence-electron chi connectivity index (χ1n) is 8.05. The van der Waals surface area contributed by atoms with E-state index in [2.05, 4.69) is 28.8 Å². The van der Waals surface area contributed by atoms with Gasteiger partial charge in [-0.05, 0) is 43.7 Å². The number of rotatable bonds is 4. The topological polar surface area (TPSA) is 31.2 Å². The van der Waals surface area contributed by atoms with Crippen LogP contribution in [-0.2, 0) is 22.5 Å². The van der Waals surface area contributed by atoms with Gasteiger partial charge in [-0.2, -0.15) is 0 Å². The van der Waals surface area contributed by atoms with Crippen LogP contribution in [0.4, 0.5) is 0 Å². The second-order valence-electron chi connectivity index (χ2n) is 6.23. The summed E-state index contributed by atoms with van der Waals surface area (Å²) in [5.41, 5.74) is 4.25. The first-order chi connectivity index (χ1) is 10.3. The molecule has 0 saturated heterocycles. The highest BCUT2D eigenvalue weighted by molar-refractivity contribution is 5.87. The summed E-state index contributed by atoms with van der Waals surface area (Å²) in [6.07, 6.45) is 3.95. The number of nitrogens with zero attached hydrogens (tertiary/aromatic N) is 1. The predicted molar refractivity (Wildman–Crippen MR) is 82.4 cm³/mol. The molecule has 2 heterocycles. The molecule has 21 heavy (non-hydrogen) atoms. The van der Waals surface area contributed by atoms with Crippen molar-refractivity contribution in [1.29, 1.82) is 0 Å². The van der Waals surface area contributed by atoms with Gasteiger partial charge in [-0.3, -0.25) is 4.79 Å². The number of aromatic nitrogens is 1. The molecule has 1 aromatic heterocycles. The van der Waals surface area contributed by atoms with Gasteiger partial charge >= 0.3 is 5.97 Å². The van der Waals surface area contributed by atoms with E-state index in [1.807, 2.05) is 6.92 Å². The number of esters is 1. The molecule has 1 saturated carbocycles. The Balaban J connectivity index is 1.73. The van der Waals surface area contributed by atoms with Crippen molar-refractivity contribution in [3.8, 4) is 0 Å². The highest BCUT2D eigenvalue weighted by atomic mass is 16.5. The van der Waals surface area contributed by atoms with Crippen molar-refractivity contribution in [3.63, 3.8) is 0 Å². The van der Waals surface area contributed by atoms with Gasteiger partial charge in [0.25, 0.3) is 0 Å². The largest absolute Gasteiger partial charge is 0.466 e. The summed E-state index contributed by atoms with van der Waals surface area (Å²) in [6.45, 7) is 3.47. The van der Waals surface area contributed by atoms with Crippen LogP contribution in [0.25, 0.3) is 10.9 Å². The SMILES string of the molecule is CCOC(=O)CCc1c2n(c3ccccc13)CCC1CC21. The summed E-state index contributed by atoms with van der Waals surface area (Å²) in [4.78, 5) is 11.7. The summed E-state index contributed by atoms with van der Waals surface area (Å²) in [6, 6.07) is 8.64. The van der Waals surface area contributed by atoms with E-state index < -0.39 is 0 Å². The number of ether oxygens (including phenoxy) is 1. The van der Waals surface area contributed by atoms with Crippen molar-refractivity contribution in [2.45, 2.75) is 45.1 Å². The highest BCUT2D eigenvalue weighted by Crippen LogP contribution is 2.55. The minimum Gasteiger partial charge on any atom is -0.466 e. The number of hydrogen-bond donors (Lipinski definition) is 0. The molecule has 1 fully saturated rings. The molecule has 1 aromatic carbocycles. The summed E-state index contributed by atoms with van der Waals surface area (Å²) >= 11 is 0. The molecule has 110 valence electrons. The molecule has 2 atom stereocenters. The number of benzene rings is 1. The molecule has 3 nitrogen and oxygen atoms in total. The molecular formula is C18H21NO2. The summed E-state index contributed by atoms with van der Waals surface area (Å²) < 4.78 is 7.59. The van der Waals surface area contributed by atoms with Crippen LogP contribution in [-0.4, -0.2) is 17.1 Å². The average Bonchev–Trinajstić information content (AvgIpc) is 3.22. The van der Waals surface area contributed by atoms with Gasteiger partial charge < -0.3 is 9.30 Å². The minimum absolute atomic E-state index is 0.0790. The number of carbonyl (C=O) groups is 1. The molecular weight excluding hydrogens is 262 g/mol. The third kappa shape index (κ3) is 2.06. The zero-order valence-electron chi connectivity index (χ0n) is 12.5. The van der Waals surface area contributed by atoms with Crippen molar-refractivity contribution in [1.82, 2.24) is 4.57 Å². The lowest BCUT2D eigenvalue weighted by Gasteiger charge is -2.17. The Morgan fingerprint density at radius 1 is 1.38 bits per heavy atom. The van der Waals surface area contributed by atoms with E-state index >= 15 is 0 Å². The maximum Gasteiger partial charge on any atom is 0.306 e. The quantitative estimate of drug-likeness (QED) is 0.802. The number of carbonyl (C=O) groups excluding carboxylic acids is 1. The smallest absolute Gasteiger partial charge is 0.306 e. The van der Waals surface area contributed by atoms with Crippen molar-refractivity contribution >= 4 is 16.9 Å². The maximum atomic E-state index is 11.7. The lowest BCUT2D eigenvalue weighted by Crippen LogP contribution is -2.11. The van der Waals surface area contributed by atoms with Gasteiger partial charge in [0.1, 0.15) is 0 Å². The summed E-state index contributed by atoms with van der Waals surface area (Å²) in [5, 5.41) is 1.34. The van der Waals surface area contributed by atoms with E-state index in [9.17, 15) is 4.79 Å². The molecule has 2 aromatic rings. The third-order valence-corrected chi connectivity index (χ3v) is 5.00. The van der Waals surface area contributed by atoms with Crippen molar-refractivity contribution in [2.24, 2.45) is 5.92 Å². The first-order valence-corrected chi connectivity index (χ1v) is 8.05. The van der Waals surface area contributed by atoms with E-state index in [4.69, 9.17) is 4.74 Å². The third-order valence-electron chi connectivity index (χ3n) is 5.00. The van der Waals surface area contributed by atoms with Gasteiger partial charge in [-0.1, -0.05) is 18.2 Å². The number of hydrogen-bond acceptors (Lipinski definition) is 2. The van der Waals surface area contributed by atoms with E-state index in [0.717, 1.165) is 24.8 Å². The predicted octanol–water partition coefficient (Wildman–Crippen LogP) is 3.64. The standard InChI is InChI=1S/C18H21NO2/c1-2-21-17(20)8-7-14-13-5-3-4-6-16(13)19-10-9-12-11-15(12)18(14)19/h3-6,12,15H,2,7-11H2,1H3. The van der Waals surface area contributed by atoms with Crippen LogP contribution in [0.1, 0.15) is 43.4 Å². The fraction of sp³-hybridized carbons (Fsp3) is 0.500. The van der Waals surface area contributed by atoms with Crippen LogP contribution in [0, 0.1) is 5.92 Å². The Morgan fingerprint density at radius 2 is 2.24 bits per heavy atom. The molecule has 3 heteroatoms. The fourth-order valence-corrected chi connectivity index (χ4v) is 3.98. The van der Waals surface area contributed by atoms with Crippen LogP contribution in [0.3, 0.4) is 0 Å². The second kappa shape index (κ2) is 4.90. The van der Waals surface area contributed by atoms with Crippen molar-refractivity contribution in [2.75, 3.05) is 6.61 Å². The van der Waals surface area contributed by atoms with E-state index in [0.29, 0.717) is 13.0 Å². The van der Waals surface area contributed by atoms with E-state index in [-0.39, 0.29) is 5.97 Å². The van der Waals surface area contributed by atoms with Gasteiger partial charge in [-0.15, -0.1) is 0 Å². The van der Waals surface area contributed by atoms with Crippen LogP contribution in [0.15, 0.2) is 24.3 Å². The second-order valence-corrected chi connectivity index (χ2v) is 6.23. The zero-order chi connectivity index (χ0) is 14.4. The average molecular weight is 283 g/mol. The van der Waals surface area contributed by atoms with Gasteiger partial charge in [-0.25, -0.2) is 0 Å². The molecule has 1 aliphatic heterocycles. The Bertz CT molecular complexity index is 701. The number of aryl methyl sites for hydroxylation is 2. The zero-order valence-corrected chi connectivity index (χ0v) is 12.5. The Kier molecular flexibility index (Phi) is 3.02. The maximum absolute atomic E-state index is 11.7. The monoisotopic (exact) mass is 283 g/mol. The Hall–Kier alpha value is -1.77. The minimum atomic E-state index is -0.0790. The molecule has 0 N–H and O–H groups in total. The molecule has 0 spiro atoms. The van der Waals surface area contributed by atoms with E-state index in [1.54, 1.807) is 0 Å². The first kappa shape index (κ1) is 12.9. The van der Waals surface area contributed by atoms with Crippen molar-refractivity contribution < 1.29 is 9.53 Å². The molecule has 2 unspecified atom stereocenters. The molecule has 0 radical (unpaired) electrons. The van der Waals surface area contributed by atoms with Crippen LogP contribution < -0.4 is 0 Å². The van der Waals surface area contributed by atoms with Gasteiger partial charge in [0.2, 0.25) is 0 Å². The van der Waals surface area contributed by atoms with Crippen LogP contribution in [0.5, 0.6) is 0 Å². The number of para-hydroxylation sites is 1. The summed E-state index contributed by atoms with van der Waals surface area (Å²) in [5.74, 6) is 1.55. The lowest BCUT2D eigenvalue weighted by atomic mass is 10.0. The van der Waals surface area contributed by atoms with E-state index in [1.165, 1.54) is 35.0 Å². The highest BCUT2D eigenvalue weighted by Gasteiger charge is 2.44.